The molecule has 1 N–H and O–H groups in total. The van der Waals surface area contributed by atoms with Crippen LogP contribution in [0.15, 0.2) is 18.2 Å². The van der Waals surface area contributed by atoms with E-state index in [1.165, 1.54) is 12.8 Å². The molecule has 3 rings (SSSR count). The molecular weight excluding hydrogens is 267 g/mol. The van der Waals surface area contributed by atoms with Crippen molar-refractivity contribution in [1.82, 2.24) is 5.32 Å². The van der Waals surface area contributed by atoms with Gasteiger partial charge >= 0.3 is 0 Å². The molecule has 21 heavy (non-hydrogen) atoms. The molecule has 1 aromatic carbocycles. The first-order valence-corrected chi connectivity index (χ1v) is 7.97. The molecule has 0 radical (unpaired) electrons. The van der Waals surface area contributed by atoms with Crippen molar-refractivity contribution in [2.45, 2.75) is 44.9 Å². The molecule has 2 atom stereocenters. The van der Waals surface area contributed by atoms with Crippen LogP contribution in [0, 0.1) is 11.7 Å². The lowest BCUT2D eigenvalue weighted by atomic mass is 9.95. The van der Waals surface area contributed by atoms with Crippen molar-refractivity contribution in [2.75, 3.05) is 25.1 Å². The Morgan fingerprint density at radius 3 is 2.81 bits per heavy atom. The third-order valence-corrected chi connectivity index (χ3v) is 4.72. The van der Waals surface area contributed by atoms with Crippen molar-refractivity contribution in [2.24, 2.45) is 5.92 Å². The lowest BCUT2D eigenvalue weighted by molar-refractivity contribution is 0.0497. The number of piperidine rings is 1. The van der Waals surface area contributed by atoms with Gasteiger partial charge in [-0.1, -0.05) is 13.0 Å². The second-order valence-corrected chi connectivity index (χ2v) is 6.43. The van der Waals surface area contributed by atoms with E-state index in [9.17, 15) is 4.39 Å². The molecule has 0 aromatic heterocycles. The summed E-state index contributed by atoms with van der Waals surface area (Å²) in [6, 6.07) is 6.28. The first-order valence-electron chi connectivity index (χ1n) is 7.97. The van der Waals surface area contributed by atoms with Crippen LogP contribution in [0.3, 0.4) is 0 Å². The number of benzene rings is 1. The number of anilines is 1. The highest BCUT2D eigenvalue weighted by Gasteiger charge is 2.27. The minimum Gasteiger partial charge on any atom is -0.379 e. The minimum absolute atomic E-state index is 0.116. The molecule has 4 heteroatoms. The summed E-state index contributed by atoms with van der Waals surface area (Å²) in [6.45, 7) is 4.64. The smallest absolute Gasteiger partial charge is 0.146 e. The maximum atomic E-state index is 14.4. The molecule has 2 fully saturated rings. The molecule has 0 amide bonds. The maximum Gasteiger partial charge on any atom is 0.146 e. The topological polar surface area (TPSA) is 24.5 Å². The number of halogens is 1. The highest BCUT2D eigenvalue weighted by Crippen LogP contribution is 2.28. The van der Waals surface area contributed by atoms with Crippen molar-refractivity contribution in [3.63, 3.8) is 0 Å². The van der Waals surface area contributed by atoms with Crippen molar-refractivity contribution < 1.29 is 9.13 Å². The fourth-order valence-corrected chi connectivity index (χ4v) is 3.03. The first-order chi connectivity index (χ1) is 10.2. The van der Waals surface area contributed by atoms with E-state index in [2.05, 4.69) is 17.1 Å². The molecule has 1 aromatic rings. The molecule has 1 heterocycles. The van der Waals surface area contributed by atoms with Crippen LogP contribution in [0.1, 0.15) is 31.7 Å². The molecule has 116 valence electrons. The van der Waals surface area contributed by atoms with Crippen molar-refractivity contribution >= 4 is 5.69 Å². The summed E-state index contributed by atoms with van der Waals surface area (Å²) in [6.07, 6.45) is 3.74. The van der Waals surface area contributed by atoms with Gasteiger partial charge in [-0.3, -0.25) is 0 Å². The quantitative estimate of drug-likeness (QED) is 0.903. The summed E-state index contributed by atoms with van der Waals surface area (Å²) in [5.74, 6) is 0.422. The van der Waals surface area contributed by atoms with Gasteiger partial charge in [0.15, 0.2) is 0 Å². The largest absolute Gasteiger partial charge is 0.379 e. The van der Waals surface area contributed by atoms with Crippen LogP contribution in [0.25, 0.3) is 0 Å². The number of hydrogen-bond acceptors (Lipinski definition) is 3. The Morgan fingerprint density at radius 2 is 2.14 bits per heavy atom. The number of ether oxygens (including phenoxy) is 1. The first kappa shape index (κ1) is 14.8. The standard InChI is InChI=1S/C17H25FN2O/c1-12-7-8-20(11-17(12)21-2)16-6-3-13(9-15(16)18)10-19-14-4-5-14/h3,6,9,12,14,17,19H,4-5,7-8,10-11H2,1-2H3. The molecule has 2 aliphatic rings. The van der Waals surface area contributed by atoms with Crippen LogP contribution < -0.4 is 10.2 Å². The van der Waals surface area contributed by atoms with Crippen LogP contribution >= 0.6 is 0 Å². The van der Waals surface area contributed by atoms with E-state index in [1.807, 2.05) is 12.1 Å². The number of methoxy groups -OCH3 is 1. The zero-order chi connectivity index (χ0) is 14.8. The third-order valence-electron chi connectivity index (χ3n) is 4.72. The second kappa shape index (κ2) is 6.32. The summed E-state index contributed by atoms with van der Waals surface area (Å²) in [5.41, 5.74) is 1.73. The molecule has 1 aliphatic carbocycles. The lowest BCUT2D eigenvalue weighted by Gasteiger charge is -2.37. The second-order valence-electron chi connectivity index (χ2n) is 6.43. The van der Waals surface area contributed by atoms with Crippen LogP contribution in [-0.4, -0.2) is 32.3 Å². The predicted octanol–water partition coefficient (Wildman–Crippen LogP) is 2.94. The number of nitrogens with one attached hydrogen (secondary N) is 1. The summed E-state index contributed by atoms with van der Waals surface area (Å²) in [7, 11) is 1.74. The Bertz CT molecular complexity index is 490. The van der Waals surface area contributed by atoms with Crippen molar-refractivity contribution in [3.05, 3.63) is 29.6 Å². The van der Waals surface area contributed by atoms with Gasteiger partial charge in [0, 0.05) is 32.8 Å². The number of hydrogen-bond donors (Lipinski definition) is 1. The van der Waals surface area contributed by atoms with Crippen molar-refractivity contribution in [1.29, 1.82) is 0 Å². The highest BCUT2D eigenvalue weighted by molar-refractivity contribution is 5.49. The Kier molecular flexibility index (Phi) is 4.45. The average Bonchev–Trinajstić information content (AvgIpc) is 3.30. The Labute approximate surface area is 126 Å². The molecule has 1 saturated carbocycles. The van der Waals surface area contributed by atoms with E-state index >= 15 is 0 Å². The van der Waals surface area contributed by atoms with Gasteiger partial charge in [-0.25, -0.2) is 4.39 Å². The van der Waals surface area contributed by atoms with Crippen LogP contribution in [0.2, 0.25) is 0 Å². The zero-order valence-corrected chi connectivity index (χ0v) is 12.9. The monoisotopic (exact) mass is 292 g/mol. The summed E-state index contributed by atoms with van der Waals surface area (Å²) < 4.78 is 19.9. The molecular formula is C17H25FN2O. The van der Waals surface area contributed by atoms with Gasteiger partial charge in [0.1, 0.15) is 5.82 Å². The predicted molar refractivity (Wildman–Crippen MR) is 83.1 cm³/mol. The van der Waals surface area contributed by atoms with Crippen LogP contribution in [-0.2, 0) is 11.3 Å². The van der Waals surface area contributed by atoms with Gasteiger partial charge in [0.25, 0.3) is 0 Å². The van der Waals surface area contributed by atoms with Gasteiger partial charge in [0.05, 0.1) is 11.8 Å². The van der Waals surface area contributed by atoms with Gasteiger partial charge in [-0.15, -0.1) is 0 Å². The van der Waals surface area contributed by atoms with Crippen LogP contribution in [0.5, 0.6) is 0 Å². The van der Waals surface area contributed by atoms with E-state index < -0.39 is 0 Å². The molecule has 1 aliphatic heterocycles. The van der Waals surface area contributed by atoms with E-state index in [0.717, 1.165) is 31.6 Å². The number of nitrogens with zero attached hydrogens (tertiary/aromatic N) is 1. The van der Waals surface area contributed by atoms with Crippen LogP contribution in [0.4, 0.5) is 10.1 Å². The molecule has 2 unspecified atom stereocenters. The average molecular weight is 292 g/mol. The maximum absolute atomic E-state index is 14.4. The third kappa shape index (κ3) is 3.55. The fraction of sp³-hybridized carbons (Fsp3) is 0.647. The van der Waals surface area contributed by atoms with E-state index in [1.54, 1.807) is 13.2 Å². The Balaban J connectivity index is 1.66. The molecule has 3 nitrogen and oxygen atoms in total. The van der Waals surface area contributed by atoms with Crippen molar-refractivity contribution in [3.8, 4) is 0 Å². The van der Waals surface area contributed by atoms with E-state index in [4.69, 9.17) is 4.74 Å². The minimum atomic E-state index is -0.116. The fourth-order valence-electron chi connectivity index (χ4n) is 3.03. The van der Waals surface area contributed by atoms with E-state index in [0.29, 0.717) is 17.6 Å². The summed E-state index contributed by atoms with van der Waals surface area (Å²) in [5, 5.41) is 3.42. The van der Waals surface area contributed by atoms with Gasteiger partial charge < -0.3 is 15.0 Å². The SMILES string of the molecule is COC1CN(c2ccc(CNC3CC3)cc2F)CCC1C. The Hall–Kier alpha value is -1.13. The van der Waals surface area contributed by atoms with Gasteiger partial charge in [-0.2, -0.15) is 0 Å². The van der Waals surface area contributed by atoms with E-state index in [-0.39, 0.29) is 11.9 Å². The van der Waals surface area contributed by atoms with Gasteiger partial charge in [-0.05, 0) is 42.9 Å². The molecule has 0 bridgehead atoms. The normalized spacial score (nSPS) is 26.1. The number of rotatable bonds is 5. The zero-order valence-electron chi connectivity index (χ0n) is 12.9. The highest BCUT2D eigenvalue weighted by atomic mass is 19.1. The Morgan fingerprint density at radius 1 is 1.33 bits per heavy atom. The molecule has 0 spiro atoms. The molecule has 1 saturated heterocycles. The summed E-state index contributed by atoms with van der Waals surface area (Å²) >= 11 is 0. The van der Waals surface area contributed by atoms with Gasteiger partial charge in [0.2, 0.25) is 0 Å². The lowest BCUT2D eigenvalue weighted by Crippen LogP contribution is -2.44. The summed E-state index contributed by atoms with van der Waals surface area (Å²) in [4.78, 5) is 2.11.